The lowest BCUT2D eigenvalue weighted by Gasteiger charge is -2.29. The van der Waals surface area contributed by atoms with Gasteiger partial charge in [-0.25, -0.2) is 0 Å². The van der Waals surface area contributed by atoms with Crippen LogP contribution in [0.25, 0.3) is 0 Å². The van der Waals surface area contributed by atoms with Crippen molar-refractivity contribution in [2.24, 2.45) is 15.9 Å². The van der Waals surface area contributed by atoms with E-state index < -0.39 is 0 Å². The van der Waals surface area contributed by atoms with E-state index in [0.29, 0.717) is 17.4 Å². The van der Waals surface area contributed by atoms with Gasteiger partial charge < -0.3 is 10.2 Å². The van der Waals surface area contributed by atoms with Crippen molar-refractivity contribution >= 4 is 12.4 Å². The maximum atomic E-state index is 11.1. The summed E-state index contributed by atoms with van der Waals surface area (Å²) in [6.45, 7) is 13.0. The SMILES string of the molecule is CCCCc1cc(C=NC2CC3CCC2(N=Cc2cc(CCCC)cc(C(C)C)c2O)C3)c(O)c(C(C)C)c1. The molecule has 0 aliphatic heterocycles. The van der Waals surface area contributed by atoms with E-state index in [4.69, 9.17) is 9.98 Å². The molecule has 0 amide bonds. The maximum absolute atomic E-state index is 11.1. The van der Waals surface area contributed by atoms with E-state index in [1.54, 1.807) is 0 Å². The van der Waals surface area contributed by atoms with E-state index in [-0.39, 0.29) is 23.4 Å². The second-order valence-corrected chi connectivity index (χ2v) is 12.8. The number of benzene rings is 2. The van der Waals surface area contributed by atoms with E-state index in [0.717, 1.165) is 80.0 Å². The Bertz CT molecular complexity index is 1200. The molecule has 2 aliphatic rings. The Morgan fingerprint density at radius 3 is 1.87 bits per heavy atom. The zero-order valence-electron chi connectivity index (χ0n) is 25.1. The Hall–Kier alpha value is -2.62. The van der Waals surface area contributed by atoms with E-state index >= 15 is 0 Å². The second-order valence-electron chi connectivity index (χ2n) is 12.8. The number of aromatic hydroxyl groups is 2. The van der Waals surface area contributed by atoms with Gasteiger partial charge in [-0.15, -0.1) is 0 Å². The Kier molecular flexibility index (Phi) is 9.56. The number of aryl methyl sites for hydroxylation is 2. The number of hydrogen-bond acceptors (Lipinski definition) is 4. The fourth-order valence-corrected chi connectivity index (χ4v) is 6.58. The normalized spacial score (nSPS) is 22.9. The summed E-state index contributed by atoms with van der Waals surface area (Å²) in [5.41, 5.74) is 6.01. The zero-order valence-corrected chi connectivity index (χ0v) is 25.1. The number of hydrogen-bond donors (Lipinski definition) is 2. The molecule has 0 radical (unpaired) electrons. The first-order valence-corrected chi connectivity index (χ1v) is 15.5. The summed E-state index contributed by atoms with van der Waals surface area (Å²) in [4.78, 5) is 10.3. The zero-order chi connectivity index (χ0) is 28.2. The summed E-state index contributed by atoms with van der Waals surface area (Å²) in [5.74, 6) is 1.90. The first-order valence-electron chi connectivity index (χ1n) is 15.5. The van der Waals surface area contributed by atoms with Crippen molar-refractivity contribution in [1.82, 2.24) is 0 Å². The smallest absolute Gasteiger partial charge is 0.127 e. The minimum absolute atomic E-state index is 0.101. The van der Waals surface area contributed by atoms with Crippen molar-refractivity contribution in [3.8, 4) is 11.5 Å². The van der Waals surface area contributed by atoms with Crippen LogP contribution in [0.15, 0.2) is 34.3 Å². The maximum Gasteiger partial charge on any atom is 0.127 e. The van der Waals surface area contributed by atoms with Crippen LogP contribution in [0.4, 0.5) is 0 Å². The molecule has 3 atom stereocenters. The summed E-state index contributed by atoms with van der Waals surface area (Å²) >= 11 is 0. The fourth-order valence-electron chi connectivity index (χ4n) is 6.58. The highest BCUT2D eigenvalue weighted by Gasteiger charge is 2.52. The Balaban J connectivity index is 1.64. The van der Waals surface area contributed by atoms with Crippen LogP contribution in [0.1, 0.15) is 138 Å². The number of unbranched alkanes of at least 4 members (excludes halogenated alkanes) is 2. The van der Waals surface area contributed by atoms with Gasteiger partial charge in [0.05, 0.1) is 11.6 Å². The lowest BCUT2D eigenvalue weighted by Crippen LogP contribution is -2.34. The minimum Gasteiger partial charge on any atom is -0.507 e. The Labute approximate surface area is 236 Å². The predicted molar refractivity (Wildman–Crippen MR) is 165 cm³/mol. The molecule has 4 nitrogen and oxygen atoms in total. The molecule has 2 aromatic rings. The number of phenolic OH excluding ortho intramolecular Hbond substituents is 2. The molecule has 0 saturated heterocycles. The molecule has 212 valence electrons. The third-order valence-corrected chi connectivity index (χ3v) is 9.00. The molecule has 2 bridgehead atoms. The monoisotopic (exact) mass is 530 g/mol. The third-order valence-electron chi connectivity index (χ3n) is 9.00. The molecule has 2 fully saturated rings. The van der Waals surface area contributed by atoms with Gasteiger partial charge in [0.15, 0.2) is 0 Å². The molecule has 2 saturated carbocycles. The van der Waals surface area contributed by atoms with Crippen LogP contribution < -0.4 is 0 Å². The van der Waals surface area contributed by atoms with E-state index in [9.17, 15) is 10.2 Å². The van der Waals surface area contributed by atoms with Crippen molar-refractivity contribution in [2.45, 2.75) is 129 Å². The summed E-state index contributed by atoms with van der Waals surface area (Å²) in [6, 6.07) is 8.69. The predicted octanol–water partition coefficient (Wildman–Crippen LogP) is 8.88. The quantitative estimate of drug-likeness (QED) is 0.269. The molecular formula is C35H50N2O2. The van der Waals surface area contributed by atoms with Gasteiger partial charge in [-0.3, -0.25) is 9.98 Å². The molecule has 2 aromatic carbocycles. The van der Waals surface area contributed by atoms with Crippen LogP contribution in [0, 0.1) is 5.92 Å². The van der Waals surface area contributed by atoms with Gasteiger partial charge in [-0.1, -0.05) is 66.5 Å². The van der Waals surface area contributed by atoms with E-state index in [1.807, 2.05) is 12.4 Å². The van der Waals surface area contributed by atoms with E-state index in [1.165, 1.54) is 17.5 Å². The first-order chi connectivity index (χ1) is 18.7. The fraction of sp³-hybridized carbons (Fsp3) is 0.600. The number of fused-ring (bicyclic) bond motifs is 2. The summed E-state index contributed by atoms with van der Waals surface area (Å²) < 4.78 is 0. The molecular weight excluding hydrogens is 480 g/mol. The van der Waals surface area contributed by atoms with Crippen LogP contribution in [0.5, 0.6) is 11.5 Å². The number of nitrogens with zero attached hydrogens (tertiary/aromatic N) is 2. The van der Waals surface area contributed by atoms with E-state index in [2.05, 4.69) is 65.8 Å². The summed E-state index contributed by atoms with van der Waals surface area (Å²) in [7, 11) is 0. The van der Waals surface area contributed by atoms with Crippen molar-refractivity contribution in [2.75, 3.05) is 0 Å². The Morgan fingerprint density at radius 1 is 0.846 bits per heavy atom. The summed E-state index contributed by atoms with van der Waals surface area (Å²) in [6.07, 6.45) is 14.8. The van der Waals surface area contributed by atoms with Gasteiger partial charge in [-0.05, 0) is 104 Å². The minimum atomic E-state index is -0.221. The highest BCUT2D eigenvalue weighted by molar-refractivity contribution is 5.86. The molecule has 2 aliphatic carbocycles. The average molecular weight is 531 g/mol. The molecule has 0 heterocycles. The topological polar surface area (TPSA) is 65.2 Å². The van der Waals surface area contributed by atoms with Crippen molar-refractivity contribution in [3.05, 3.63) is 57.6 Å². The van der Waals surface area contributed by atoms with Crippen LogP contribution in [-0.2, 0) is 12.8 Å². The van der Waals surface area contributed by atoms with Crippen molar-refractivity contribution in [1.29, 1.82) is 0 Å². The van der Waals surface area contributed by atoms with Crippen LogP contribution in [-0.4, -0.2) is 34.2 Å². The molecule has 4 heteroatoms. The van der Waals surface area contributed by atoms with Gasteiger partial charge in [0, 0.05) is 23.6 Å². The summed E-state index contributed by atoms with van der Waals surface area (Å²) in [5, 5.41) is 22.2. The third kappa shape index (κ3) is 6.58. The van der Waals surface area contributed by atoms with Crippen LogP contribution >= 0.6 is 0 Å². The molecule has 0 spiro atoms. The van der Waals surface area contributed by atoms with Gasteiger partial charge in [0.2, 0.25) is 0 Å². The second kappa shape index (κ2) is 12.7. The molecule has 3 unspecified atom stereocenters. The molecule has 4 rings (SSSR count). The van der Waals surface area contributed by atoms with Gasteiger partial charge in [0.1, 0.15) is 11.5 Å². The Morgan fingerprint density at radius 2 is 1.38 bits per heavy atom. The van der Waals surface area contributed by atoms with Crippen molar-refractivity contribution < 1.29 is 10.2 Å². The standard InChI is InChI=1S/C35H50N2O2/c1-7-9-11-25-15-28(33(38)30(17-25)23(3)4)21-36-32-19-27-13-14-35(32,20-27)37-22-29-16-26(12-10-8-2)18-31(24(5)6)34(29)39/h15-18,21-24,27,32,38-39H,7-14,19-20H2,1-6H3. The largest absolute Gasteiger partial charge is 0.507 e. The van der Waals surface area contributed by atoms with Crippen LogP contribution in [0.3, 0.4) is 0 Å². The van der Waals surface area contributed by atoms with Gasteiger partial charge in [-0.2, -0.15) is 0 Å². The lowest BCUT2D eigenvalue weighted by molar-refractivity contribution is 0.367. The number of rotatable bonds is 12. The van der Waals surface area contributed by atoms with Gasteiger partial charge >= 0.3 is 0 Å². The average Bonchev–Trinajstić information content (AvgIpc) is 3.48. The molecule has 0 aromatic heterocycles. The number of phenols is 2. The highest BCUT2D eigenvalue weighted by atomic mass is 16.3. The lowest BCUT2D eigenvalue weighted by atomic mass is 9.89. The van der Waals surface area contributed by atoms with Crippen LogP contribution in [0.2, 0.25) is 0 Å². The molecule has 39 heavy (non-hydrogen) atoms. The molecule has 2 N–H and O–H groups in total. The highest BCUT2D eigenvalue weighted by Crippen LogP contribution is 2.52. The first kappa shape index (κ1) is 29.4. The number of aliphatic imine (C=N–C) groups is 2. The van der Waals surface area contributed by atoms with Gasteiger partial charge in [0.25, 0.3) is 0 Å². The van der Waals surface area contributed by atoms with Crippen molar-refractivity contribution in [3.63, 3.8) is 0 Å².